The molecule has 2 aromatic carbocycles. The van der Waals surface area contributed by atoms with Gasteiger partial charge in [0.15, 0.2) is 5.65 Å². The molecule has 212 valence electrons. The average Bonchev–Trinajstić information content (AvgIpc) is 3.65. The number of fused-ring (bicyclic) bond motifs is 2. The van der Waals surface area contributed by atoms with Gasteiger partial charge in [0.1, 0.15) is 22.5 Å². The van der Waals surface area contributed by atoms with Crippen LogP contribution >= 0.6 is 0 Å². The van der Waals surface area contributed by atoms with E-state index in [9.17, 15) is 9.59 Å². The summed E-state index contributed by atoms with van der Waals surface area (Å²) in [5.74, 6) is 0.918. The van der Waals surface area contributed by atoms with E-state index in [1.807, 2.05) is 59.4 Å². The molecule has 0 aliphatic carbocycles. The normalized spacial score (nSPS) is 11.2. The maximum absolute atomic E-state index is 13.9. The number of ether oxygens (including phenoxy) is 3. The second kappa shape index (κ2) is 11.2. The third-order valence-corrected chi connectivity index (χ3v) is 7.19. The molecule has 10 nitrogen and oxygen atoms in total. The van der Waals surface area contributed by atoms with Gasteiger partial charge in [-0.05, 0) is 42.8 Å². The second-order valence-electron chi connectivity index (χ2n) is 9.77. The summed E-state index contributed by atoms with van der Waals surface area (Å²) >= 11 is 0. The van der Waals surface area contributed by atoms with Gasteiger partial charge in [-0.15, -0.1) is 0 Å². The summed E-state index contributed by atoms with van der Waals surface area (Å²) in [6.45, 7) is 2.37. The molecule has 6 rings (SSSR count). The van der Waals surface area contributed by atoms with Gasteiger partial charge in [-0.3, -0.25) is 9.78 Å². The SMILES string of the molecule is CCOC(=O)c1cccc(Cc2cn(Cc3ccc(OC)cc3OC)c(=O)c3cc(-c4c[nH]c5nccnc45)cn23)c1. The predicted octanol–water partition coefficient (Wildman–Crippen LogP) is 4.87. The first kappa shape index (κ1) is 26.8. The lowest BCUT2D eigenvalue weighted by Crippen LogP contribution is -2.24. The van der Waals surface area contributed by atoms with Gasteiger partial charge in [0.05, 0.1) is 32.9 Å². The highest BCUT2D eigenvalue weighted by atomic mass is 16.5. The van der Waals surface area contributed by atoms with Crippen LogP contribution in [-0.2, 0) is 17.7 Å². The van der Waals surface area contributed by atoms with Crippen LogP contribution in [-0.4, -0.2) is 50.7 Å². The van der Waals surface area contributed by atoms with Crippen LogP contribution in [0, 0.1) is 0 Å². The minimum atomic E-state index is -0.371. The Bertz CT molecular complexity index is 1990. The zero-order valence-electron chi connectivity index (χ0n) is 23.5. The quantitative estimate of drug-likeness (QED) is 0.250. The topological polar surface area (TPSA) is 113 Å². The van der Waals surface area contributed by atoms with E-state index >= 15 is 0 Å². The Morgan fingerprint density at radius 3 is 2.67 bits per heavy atom. The summed E-state index contributed by atoms with van der Waals surface area (Å²) in [5, 5.41) is 0. The summed E-state index contributed by atoms with van der Waals surface area (Å²) in [6.07, 6.45) is 9.39. The number of methoxy groups -OCH3 is 2. The van der Waals surface area contributed by atoms with Crippen molar-refractivity contribution < 1.29 is 19.0 Å². The molecule has 0 aliphatic heterocycles. The molecule has 0 unspecified atom stereocenters. The lowest BCUT2D eigenvalue weighted by Gasteiger charge is -2.15. The maximum atomic E-state index is 13.9. The smallest absolute Gasteiger partial charge is 0.338 e. The van der Waals surface area contributed by atoms with E-state index in [4.69, 9.17) is 14.2 Å². The average molecular weight is 564 g/mol. The van der Waals surface area contributed by atoms with Gasteiger partial charge in [0.25, 0.3) is 5.56 Å². The Balaban J connectivity index is 1.49. The molecule has 4 aromatic heterocycles. The molecule has 4 heterocycles. The van der Waals surface area contributed by atoms with Crippen molar-refractivity contribution in [2.24, 2.45) is 0 Å². The molecule has 10 heteroatoms. The number of benzene rings is 2. The Kier molecular flexibility index (Phi) is 7.18. The standard InChI is InChI=1S/C32H29N5O5/c1-4-42-32(39)21-7-5-6-20(12-21)13-24-19-36(17-22-8-9-25(40-2)15-28(22)41-3)31(38)27-14-23(18-37(24)27)26-16-35-30-29(26)33-10-11-34-30/h5-12,14-16,18-19H,4,13,17H2,1-3H3,(H,34,35). The fourth-order valence-corrected chi connectivity index (χ4v) is 5.18. The molecule has 0 atom stereocenters. The Morgan fingerprint density at radius 2 is 1.86 bits per heavy atom. The first-order chi connectivity index (χ1) is 20.5. The van der Waals surface area contributed by atoms with Crippen molar-refractivity contribution in [2.45, 2.75) is 19.9 Å². The number of nitrogens with zero attached hydrogens (tertiary/aromatic N) is 4. The van der Waals surface area contributed by atoms with E-state index in [1.54, 1.807) is 50.2 Å². The molecule has 0 amide bonds. The van der Waals surface area contributed by atoms with E-state index in [0.29, 0.717) is 41.3 Å². The van der Waals surface area contributed by atoms with E-state index < -0.39 is 0 Å². The molecule has 0 aliphatic rings. The first-order valence-corrected chi connectivity index (χ1v) is 13.5. The number of carbonyl (C=O) groups excluding carboxylic acids is 1. The minimum absolute atomic E-state index is 0.158. The highest BCUT2D eigenvalue weighted by Crippen LogP contribution is 2.29. The van der Waals surface area contributed by atoms with Crippen LogP contribution in [0.3, 0.4) is 0 Å². The number of hydrogen-bond donors (Lipinski definition) is 1. The predicted molar refractivity (Wildman–Crippen MR) is 158 cm³/mol. The van der Waals surface area contributed by atoms with Gasteiger partial charge in [-0.2, -0.15) is 0 Å². The fourth-order valence-electron chi connectivity index (χ4n) is 5.18. The molecule has 42 heavy (non-hydrogen) atoms. The van der Waals surface area contributed by atoms with Gasteiger partial charge >= 0.3 is 5.97 Å². The van der Waals surface area contributed by atoms with Crippen molar-refractivity contribution in [3.63, 3.8) is 0 Å². The Morgan fingerprint density at radius 1 is 1.00 bits per heavy atom. The van der Waals surface area contributed by atoms with Crippen LogP contribution in [0.5, 0.6) is 11.5 Å². The van der Waals surface area contributed by atoms with Gasteiger partial charge < -0.3 is 28.2 Å². The third kappa shape index (κ3) is 4.98. The molecule has 0 saturated carbocycles. The van der Waals surface area contributed by atoms with Crippen LogP contribution in [0.4, 0.5) is 0 Å². The lowest BCUT2D eigenvalue weighted by molar-refractivity contribution is 0.0526. The van der Waals surface area contributed by atoms with Crippen molar-refractivity contribution in [1.29, 1.82) is 0 Å². The van der Waals surface area contributed by atoms with Crippen molar-refractivity contribution >= 4 is 22.6 Å². The van der Waals surface area contributed by atoms with Crippen LogP contribution in [0.1, 0.15) is 34.1 Å². The zero-order chi connectivity index (χ0) is 29.2. The molecule has 0 bridgehead atoms. The summed E-state index contributed by atoms with van der Waals surface area (Å²) in [5.41, 5.74) is 6.50. The van der Waals surface area contributed by atoms with Gasteiger partial charge in [-0.1, -0.05) is 12.1 Å². The number of aromatic nitrogens is 5. The van der Waals surface area contributed by atoms with Crippen LogP contribution < -0.4 is 15.0 Å². The monoisotopic (exact) mass is 563 g/mol. The molecule has 6 aromatic rings. The Labute approximate surface area is 241 Å². The van der Waals surface area contributed by atoms with E-state index in [2.05, 4.69) is 15.0 Å². The lowest BCUT2D eigenvalue weighted by atomic mass is 10.1. The first-order valence-electron chi connectivity index (χ1n) is 13.5. The van der Waals surface area contributed by atoms with Gasteiger partial charge in [0.2, 0.25) is 0 Å². The van der Waals surface area contributed by atoms with Crippen LogP contribution in [0.2, 0.25) is 0 Å². The molecule has 0 radical (unpaired) electrons. The van der Waals surface area contributed by atoms with Crippen molar-refractivity contribution in [3.05, 3.63) is 112 Å². The van der Waals surface area contributed by atoms with Crippen molar-refractivity contribution in [2.75, 3.05) is 20.8 Å². The molecule has 1 N–H and O–H groups in total. The van der Waals surface area contributed by atoms with Crippen LogP contribution in [0.15, 0.2) is 84.3 Å². The fraction of sp³-hybridized carbons (Fsp3) is 0.188. The van der Waals surface area contributed by atoms with E-state index in [1.165, 1.54) is 0 Å². The highest BCUT2D eigenvalue weighted by Gasteiger charge is 2.17. The molecule has 0 saturated heterocycles. The van der Waals surface area contributed by atoms with E-state index in [0.717, 1.165) is 33.5 Å². The van der Waals surface area contributed by atoms with Gasteiger partial charge in [-0.25, -0.2) is 9.78 Å². The maximum Gasteiger partial charge on any atom is 0.338 e. The van der Waals surface area contributed by atoms with Crippen molar-refractivity contribution in [3.8, 4) is 22.6 Å². The van der Waals surface area contributed by atoms with Crippen molar-refractivity contribution in [1.82, 2.24) is 23.9 Å². The number of carbonyl (C=O) groups is 1. The Hall–Kier alpha value is -5.38. The number of rotatable bonds is 9. The molecular weight excluding hydrogens is 534 g/mol. The summed E-state index contributed by atoms with van der Waals surface area (Å²) in [7, 11) is 3.19. The van der Waals surface area contributed by atoms with Gasteiger partial charge in [0, 0.05) is 65.9 Å². The highest BCUT2D eigenvalue weighted by molar-refractivity contribution is 5.91. The number of H-pyrrole nitrogens is 1. The number of esters is 1. The molecule has 0 fully saturated rings. The van der Waals surface area contributed by atoms with E-state index in [-0.39, 0.29) is 18.1 Å². The summed E-state index contributed by atoms with van der Waals surface area (Å²) in [4.78, 5) is 38.3. The summed E-state index contributed by atoms with van der Waals surface area (Å²) < 4.78 is 19.7. The summed E-state index contributed by atoms with van der Waals surface area (Å²) in [6, 6.07) is 14.8. The third-order valence-electron chi connectivity index (χ3n) is 7.19. The molecular formula is C32H29N5O5. The number of aromatic amines is 1. The number of hydrogen-bond acceptors (Lipinski definition) is 7. The zero-order valence-corrected chi connectivity index (χ0v) is 23.5. The molecule has 0 spiro atoms. The largest absolute Gasteiger partial charge is 0.497 e. The van der Waals surface area contributed by atoms with Crippen LogP contribution in [0.25, 0.3) is 27.8 Å². The minimum Gasteiger partial charge on any atom is -0.497 e. The number of nitrogens with one attached hydrogen (secondary N) is 1. The second-order valence-corrected chi connectivity index (χ2v) is 9.77.